The van der Waals surface area contributed by atoms with Gasteiger partial charge < -0.3 is 15.0 Å². The summed E-state index contributed by atoms with van der Waals surface area (Å²) in [6.45, 7) is 2.00. The topological polar surface area (TPSA) is 102 Å². The van der Waals surface area contributed by atoms with E-state index in [1.807, 2.05) is 13.0 Å². The highest BCUT2D eigenvalue weighted by molar-refractivity contribution is 5.88. The average Bonchev–Trinajstić information content (AvgIpc) is 2.73. The van der Waals surface area contributed by atoms with E-state index >= 15 is 0 Å². The second kappa shape index (κ2) is 10.2. The van der Waals surface area contributed by atoms with Crippen LogP contribution in [0.15, 0.2) is 48.5 Å². The second-order valence-corrected chi connectivity index (χ2v) is 6.47. The van der Waals surface area contributed by atoms with Crippen LogP contribution in [0.25, 0.3) is 0 Å². The first-order valence-electron chi connectivity index (χ1n) is 9.27. The van der Waals surface area contributed by atoms with Crippen molar-refractivity contribution in [3.8, 4) is 5.75 Å². The molecule has 8 nitrogen and oxygen atoms in total. The zero-order valence-electron chi connectivity index (χ0n) is 16.8. The van der Waals surface area contributed by atoms with Gasteiger partial charge >= 0.3 is 0 Å². The van der Waals surface area contributed by atoms with Crippen LogP contribution in [0.1, 0.15) is 24.5 Å². The van der Waals surface area contributed by atoms with Gasteiger partial charge in [-0.05, 0) is 24.1 Å². The molecule has 1 atom stereocenters. The van der Waals surface area contributed by atoms with Crippen LogP contribution in [0.4, 0.5) is 5.69 Å². The standard InChI is InChI=1S/C21H25N3O5/c1-4-18(21(26)22-2)23(14-15-8-7-10-17(12-15)29-3)20(25)13-16-9-5-6-11-19(16)24(27)28/h5-12,18H,4,13-14H2,1-3H3,(H,22,26). The zero-order valence-corrected chi connectivity index (χ0v) is 16.8. The SMILES string of the molecule is CCC(C(=O)NC)N(Cc1cccc(OC)c1)C(=O)Cc1ccccc1[N+](=O)[O-]. The van der Waals surface area contributed by atoms with Crippen molar-refractivity contribution in [1.29, 1.82) is 0 Å². The number of nitro benzene ring substituents is 1. The molecule has 0 fully saturated rings. The van der Waals surface area contributed by atoms with Gasteiger partial charge in [0.25, 0.3) is 5.69 Å². The number of amides is 2. The van der Waals surface area contributed by atoms with Crippen LogP contribution in [0.2, 0.25) is 0 Å². The molecule has 2 rings (SSSR count). The molecule has 0 saturated carbocycles. The number of carbonyl (C=O) groups excluding carboxylic acids is 2. The Morgan fingerprint density at radius 1 is 1.21 bits per heavy atom. The van der Waals surface area contributed by atoms with Gasteiger partial charge in [-0.15, -0.1) is 0 Å². The fourth-order valence-electron chi connectivity index (χ4n) is 3.16. The third kappa shape index (κ3) is 5.54. The first-order valence-corrected chi connectivity index (χ1v) is 9.27. The first kappa shape index (κ1) is 21.9. The molecule has 0 bridgehead atoms. The summed E-state index contributed by atoms with van der Waals surface area (Å²) in [7, 11) is 3.07. The second-order valence-electron chi connectivity index (χ2n) is 6.47. The maximum Gasteiger partial charge on any atom is 0.273 e. The largest absolute Gasteiger partial charge is 0.497 e. The molecule has 29 heavy (non-hydrogen) atoms. The average molecular weight is 399 g/mol. The van der Waals surface area contributed by atoms with E-state index in [1.165, 1.54) is 18.0 Å². The van der Waals surface area contributed by atoms with E-state index in [-0.39, 0.29) is 30.5 Å². The van der Waals surface area contributed by atoms with Crippen LogP contribution >= 0.6 is 0 Å². The summed E-state index contributed by atoms with van der Waals surface area (Å²) in [6.07, 6.45) is 0.237. The van der Waals surface area contributed by atoms with Crippen molar-refractivity contribution >= 4 is 17.5 Å². The van der Waals surface area contributed by atoms with Gasteiger partial charge in [0.2, 0.25) is 11.8 Å². The predicted octanol–water partition coefficient (Wildman–Crippen LogP) is 2.70. The number of rotatable bonds is 9. The minimum absolute atomic E-state index is 0.116. The summed E-state index contributed by atoms with van der Waals surface area (Å²) in [4.78, 5) is 37.8. The molecule has 0 radical (unpaired) electrons. The van der Waals surface area contributed by atoms with E-state index in [9.17, 15) is 19.7 Å². The van der Waals surface area contributed by atoms with Crippen molar-refractivity contribution in [3.63, 3.8) is 0 Å². The quantitative estimate of drug-likeness (QED) is 0.516. The van der Waals surface area contributed by atoms with Gasteiger partial charge in [-0.1, -0.05) is 37.3 Å². The Kier molecular flexibility index (Phi) is 7.70. The molecule has 1 unspecified atom stereocenters. The summed E-state index contributed by atoms with van der Waals surface area (Å²) < 4.78 is 5.23. The molecule has 0 saturated heterocycles. The van der Waals surface area contributed by atoms with E-state index in [4.69, 9.17) is 4.74 Å². The number of para-hydroxylation sites is 1. The molecule has 2 amide bonds. The van der Waals surface area contributed by atoms with E-state index in [1.54, 1.807) is 43.5 Å². The third-order valence-corrected chi connectivity index (χ3v) is 4.65. The lowest BCUT2D eigenvalue weighted by molar-refractivity contribution is -0.385. The number of hydrogen-bond acceptors (Lipinski definition) is 5. The van der Waals surface area contributed by atoms with Gasteiger partial charge in [0.05, 0.1) is 18.5 Å². The van der Waals surface area contributed by atoms with Gasteiger partial charge in [-0.25, -0.2) is 0 Å². The van der Waals surface area contributed by atoms with Crippen molar-refractivity contribution in [3.05, 3.63) is 69.8 Å². The smallest absolute Gasteiger partial charge is 0.273 e. The van der Waals surface area contributed by atoms with Crippen LogP contribution < -0.4 is 10.1 Å². The number of hydrogen-bond donors (Lipinski definition) is 1. The summed E-state index contributed by atoms with van der Waals surface area (Å²) in [6, 6.07) is 12.7. The van der Waals surface area contributed by atoms with Crippen molar-refractivity contribution in [2.45, 2.75) is 32.4 Å². The van der Waals surface area contributed by atoms with E-state index in [0.29, 0.717) is 17.7 Å². The van der Waals surface area contributed by atoms with E-state index in [2.05, 4.69) is 5.32 Å². The highest BCUT2D eigenvalue weighted by Gasteiger charge is 2.29. The number of ether oxygens (including phenoxy) is 1. The number of methoxy groups -OCH3 is 1. The van der Waals surface area contributed by atoms with Crippen molar-refractivity contribution < 1.29 is 19.2 Å². The predicted molar refractivity (Wildman–Crippen MR) is 108 cm³/mol. The molecule has 2 aromatic carbocycles. The van der Waals surface area contributed by atoms with Gasteiger partial charge in [-0.2, -0.15) is 0 Å². The summed E-state index contributed by atoms with van der Waals surface area (Å²) in [5.74, 6) is -0.00883. The number of likely N-dealkylation sites (N-methyl/N-ethyl adjacent to an activating group) is 1. The Morgan fingerprint density at radius 3 is 2.55 bits per heavy atom. The molecule has 0 aliphatic heterocycles. The van der Waals surface area contributed by atoms with E-state index < -0.39 is 11.0 Å². The first-order chi connectivity index (χ1) is 13.9. The molecule has 0 aliphatic carbocycles. The van der Waals surface area contributed by atoms with Crippen molar-refractivity contribution in [2.24, 2.45) is 0 Å². The molecule has 1 N–H and O–H groups in total. The lowest BCUT2D eigenvalue weighted by atomic mass is 10.1. The Hall–Kier alpha value is -3.42. The number of carbonyl (C=O) groups is 2. The summed E-state index contributed by atoms with van der Waals surface area (Å²) >= 11 is 0. The Bertz CT molecular complexity index is 884. The monoisotopic (exact) mass is 399 g/mol. The fraction of sp³-hybridized carbons (Fsp3) is 0.333. The lowest BCUT2D eigenvalue weighted by Crippen LogP contribution is -2.48. The van der Waals surface area contributed by atoms with Crippen LogP contribution in [-0.4, -0.2) is 41.8 Å². The van der Waals surface area contributed by atoms with Crippen molar-refractivity contribution in [2.75, 3.05) is 14.2 Å². The summed E-state index contributed by atoms with van der Waals surface area (Å²) in [5, 5.41) is 13.9. The number of nitrogens with one attached hydrogen (secondary N) is 1. The molecule has 0 heterocycles. The zero-order chi connectivity index (χ0) is 21.4. The fourth-order valence-corrected chi connectivity index (χ4v) is 3.16. The number of nitrogens with zero attached hydrogens (tertiary/aromatic N) is 2. The molecule has 0 aromatic heterocycles. The minimum Gasteiger partial charge on any atom is -0.497 e. The molecule has 2 aromatic rings. The molecular weight excluding hydrogens is 374 g/mol. The highest BCUT2D eigenvalue weighted by atomic mass is 16.6. The third-order valence-electron chi connectivity index (χ3n) is 4.65. The Morgan fingerprint density at radius 2 is 1.93 bits per heavy atom. The normalized spacial score (nSPS) is 11.4. The van der Waals surface area contributed by atoms with Crippen LogP contribution in [0.3, 0.4) is 0 Å². The van der Waals surface area contributed by atoms with Crippen LogP contribution in [0, 0.1) is 10.1 Å². The van der Waals surface area contributed by atoms with Crippen molar-refractivity contribution in [1.82, 2.24) is 10.2 Å². The number of nitro groups is 1. The molecular formula is C21H25N3O5. The van der Waals surface area contributed by atoms with Gasteiger partial charge in [0, 0.05) is 25.2 Å². The Balaban J connectivity index is 2.36. The number of benzene rings is 2. The van der Waals surface area contributed by atoms with Gasteiger partial charge in [0.1, 0.15) is 11.8 Å². The van der Waals surface area contributed by atoms with Gasteiger partial charge in [0.15, 0.2) is 0 Å². The van der Waals surface area contributed by atoms with Crippen LogP contribution in [-0.2, 0) is 22.6 Å². The molecule has 0 aliphatic rings. The Labute approximate surface area is 169 Å². The molecule has 0 spiro atoms. The van der Waals surface area contributed by atoms with E-state index in [0.717, 1.165) is 5.56 Å². The van der Waals surface area contributed by atoms with Gasteiger partial charge in [-0.3, -0.25) is 19.7 Å². The highest BCUT2D eigenvalue weighted by Crippen LogP contribution is 2.22. The maximum atomic E-state index is 13.2. The maximum absolute atomic E-state index is 13.2. The lowest BCUT2D eigenvalue weighted by Gasteiger charge is -2.30. The molecule has 154 valence electrons. The minimum atomic E-state index is -0.693. The van der Waals surface area contributed by atoms with Crippen LogP contribution in [0.5, 0.6) is 5.75 Å². The summed E-state index contributed by atoms with van der Waals surface area (Å²) in [5.41, 5.74) is 0.989. The molecule has 8 heteroatoms.